The number of rotatable bonds is 4. The minimum Gasteiger partial charge on any atom is -0.409 e. The Kier molecular flexibility index (Phi) is 5.44. The van der Waals surface area contributed by atoms with E-state index in [4.69, 9.17) is 10.9 Å². The highest BCUT2D eigenvalue weighted by Crippen LogP contribution is 2.27. The molecule has 0 spiro atoms. The Morgan fingerprint density at radius 2 is 1.95 bits per heavy atom. The maximum Gasteiger partial charge on any atom is 0.397 e. The monoisotopic (exact) mass is 281 g/mol. The molecular formula is C11H18F3N3O2. The number of oxime groups is 1. The van der Waals surface area contributed by atoms with E-state index in [2.05, 4.69) is 10.5 Å². The van der Waals surface area contributed by atoms with Gasteiger partial charge in [-0.15, -0.1) is 0 Å². The maximum atomic E-state index is 12.1. The molecule has 0 saturated heterocycles. The average Bonchev–Trinajstić information content (AvgIpc) is 2.34. The molecule has 1 amide bonds. The van der Waals surface area contributed by atoms with E-state index in [0.717, 1.165) is 32.1 Å². The topological polar surface area (TPSA) is 87.7 Å². The molecule has 0 heterocycles. The quantitative estimate of drug-likeness (QED) is 0.317. The minimum atomic E-state index is -4.56. The number of amides is 1. The lowest BCUT2D eigenvalue weighted by Crippen LogP contribution is -2.50. The second-order valence-corrected chi connectivity index (χ2v) is 4.76. The van der Waals surface area contributed by atoms with Gasteiger partial charge in [-0.05, 0) is 18.8 Å². The summed E-state index contributed by atoms with van der Waals surface area (Å²) in [5, 5.41) is 13.7. The van der Waals surface area contributed by atoms with Gasteiger partial charge in [0.1, 0.15) is 6.42 Å². The zero-order valence-electron chi connectivity index (χ0n) is 10.4. The van der Waals surface area contributed by atoms with E-state index in [9.17, 15) is 18.0 Å². The van der Waals surface area contributed by atoms with E-state index < -0.39 is 24.5 Å². The predicted molar refractivity (Wildman–Crippen MR) is 62.6 cm³/mol. The molecule has 0 aliphatic heterocycles. The van der Waals surface area contributed by atoms with Crippen LogP contribution in [0.4, 0.5) is 13.2 Å². The van der Waals surface area contributed by atoms with Gasteiger partial charge in [-0.1, -0.05) is 24.4 Å². The molecule has 0 aromatic rings. The molecule has 4 N–H and O–H groups in total. The van der Waals surface area contributed by atoms with Crippen molar-refractivity contribution in [2.75, 3.05) is 0 Å². The fourth-order valence-corrected chi connectivity index (χ4v) is 2.37. The number of hydrogen-bond acceptors (Lipinski definition) is 3. The largest absolute Gasteiger partial charge is 0.409 e. The summed E-state index contributed by atoms with van der Waals surface area (Å²) >= 11 is 0. The summed E-state index contributed by atoms with van der Waals surface area (Å²) in [6.07, 6.45) is -1.73. The molecule has 0 radical (unpaired) electrons. The normalized spacial score (nSPS) is 20.1. The number of amidine groups is 1. The van der Waals surface area contributed by atoms with Crippen LogP contribution < -0.4 is 11.1 Å². The summed E-state index contributed by atoms with van der Waals surface area (Å²) in [5.74, 6) is -1.49. The summed E-state index contributed by atoms with van der Waals surface area (Å²) in [6, 6.07) is -0.833. The molecule has 19 heavy (non-hydrogen) atoms. The van der Waals surface area contributed by atoms with Gasteiger partial charge in [-0.3, -0.25) is 4.79 Å². The molecule has 8 heteroatoms. The highest BCUT2D eigenvalue weighted by molar-refractivity contribution is 5.90. The average molecular weight is 281 g/mol. The van der Waals surface area contributed by atoms with E-state index in [0.29, 0.717) is 0 Å². The second-order valence-electron chi connectivity index (χ2n) is 4.76. The Labute approximate surface area is 109 Å². The Morgan fingerprint density at radius 3 is 2.42 bits per heavy atom. The molecular weight excluding hydrogens is 263 g/mol. The van der Waals surface area contributed by atoms with Crippen LogP contribution in [0.25, 0.3) is 0 Å². The molecule has 1 fully saturated rings. The molecule has 110 valence electrons. The van der Waals surface area contributed by atoms with Crippen LogP contribution in [0.15, 0.2) is 5.16 Å². The van der Waals surface area contributed by atoms with Gasteiger partial charge in [-0.2, -0.15) is 13.2 Å². The molecule has 0 aromatic heterocycles. The van der Waals surface area contributed by atoms with Crippen molar-refractivity contribution in [1.82, 2.24) is 5.32 Å². The number of halogens is 3. The first-order chi connectivity index (χ1) is 8.83. The maximum absolute atomic E-state index is 12.1. The van der Waals surface area contributed by atoms with Gasteiger partial charge in [0.15, 0.2) is 5.84 Å². The first-order valence-corrected chi connectivity index (χ1v) is 6.17. The summed E-state index contributed by atoms with van der Waals surface area (Å²) in [6.45, 7) is 0. The van der Waals surface area contributed by atoms with Crippen molar-refractivity contribution in [1.29, 1.82) is 0 Å². The van der Waals surface area contributed by atoms with Crippen LogP contribution in [-0.4, -0.2) is 29.2 Å². The van der Waals surface area contributed by atoms with Crippen molar-refractivity contribution in [2.45, 2.75) is 50.7 Å². The molecule has 0 aromatic carbocycles. The zero-order valence-corrected chi connectivity index (χ0v) is 10.4. The second kappa shape index (κ2) is 6.63. The van der Waals surface area contributed by atoms with E-state index >= 15 is 0 Å². The van der Waals surface area contributed by atoms with Crippen molar-refractivity contribution >= 4 is 11.7 Å². The van der Waals surface area contributed by atoms with Crippen LogP contribution in [0.3, 0.4) is 0 Å². The molecule has 1 aliphatic rings. The highest BCUT2D eigenvalue weighted by atomic mass is 19.4. The molecule has 5 nitrogen and oxygen atoms in total. The summed E-state index contributed by atoms with van der Waals surface area (Å²) in [7, 11) is 0. The fraction of sp³-hybridized carbons (Fsp3) is 0.818. The van der Waals surface area contributed by atoms with E-state index in [1.807, 2.05) is 0 Å². The number of carbonyl (C=O) groups excluding carboxylic acids is 1. The number of alkyl halides is 3. The van der Waals surface area contributed by atoms with Gasteiger partial charge >= 0.3 is 6.18 Å². The SMILES string of the molecule is N/C(=N/O)C(NC(=O)CC(F)(F)F)C1CCCCC1. The van der Waals surface area contributed by atoms with Crippen LogP contribution in [0.1, 0.15) is 38.5 Å². The Bertz CT molecular complexity index is 339. The Morgan fingerprint density at radius 1 is 1.37 bits per heavy atom. The summed E-state index contributed by atoms with van der Waals surface area (Å²) in [4.78, 5) is 11.3. The molecule has 1 unspecified atom stereocenters. The Balaban J connectivity index is 2.67. The van der Waals surface area contributed by atoms with Crippen LogP contribution >= 0.6 is 0 Å². The number of carbonyl (C=O) groups is 1. The Hall–Kier alpha value is -1.47. The smallest absolute Gasteiger partial charge is 0.397 e. The zero-order chi connectivity index (χ0) is 14.5. The summed E-state index contributed by atoms with van der Waals surface area (Å²) < 4.78 is 36.3. The lowest BCUT2D eigenvalue weighted by Gasteiger charge is -2.30. The summed E-state index contributed by atoms with van der Waals surface area (Å²) in [5.41, 5.74) is 5.46. The van der Waals surface area contributed by atoms with Crippen LogP contribution in [0.5, 0.6) is 0 Å². The third kappa shape index (κ3) is 5.35. The predicted octanol–water partition coefficient (Wildman–Crippen LogP) is 1.75. The van der Waals surface area contributed by atoms with Crippen molar-refractivity contribution in [3.63, 3.8) is 0 Å². The van der Waals surface area contributed by atoms with E-state index in [-0.39, 0.29) is 11.8 Å². The lowest BCUT2D eigenvalue weighted by atomic mass is 9.83. The number of nitrogens with one attached hydrogen (secondary N) is 1. The minimum absolute atomic E-state index is 0.0816. The van der Waals surface area contributed by atoms with Gasteiger partial charge in [0, 0.05) is 0 Å². The number of nitrogens with zero attached hydrogens (tertiary/aromatic N) is 1. The first kappa shape index (κ1) is 15.6. The van der Waals surface area contributed by atoms with Crippen molar-refractivity contribution < 1.29 is 23.2 Å². The van der Waals surface area contributed by atoms with Crippen LogP contribution in [0, 0.1) is 5.92 Å². The standard InChI is InChI=1S/C11H18F3N3O2/c12-11(13,14)6-8(18)16-9(10(15)17-19)7-4-2-1-3-5-7/h7,9,19H,1-6H2,(H2,15,17)(H,16,18). The van der Waals surface area contributed by atoms with Gasteiger partial charge < -0.3 is 16.3 Å². The third-order valence-electron chi connectivity index (χ3n) is 3.23. The van der Waals surface area contributed by atoms with Crippen molar-refractivity contribution in [3.8, 4) is 0 Å². The first-order valence-electron chi connectivity index (χ1n) is 6.17. The molecule has 1 saturated carbocycles. The lowest BCUT2D eigenvalue weighted by molar-refractivity contribution is -0.154. The molecule has 0 bridgehead atoms. The molecule has 1 rings (SSSR count). The van der Waals surface area contributed by atoms with Gasteiger partial charge in [-0.25, -0.2) is 0 Å². The van der Waals surface area contributed by atoms with Crippen LogP contribution in [0.2, 0.25) is 0 Å². The molecule has 1 atom stereocenters. The third-order valence-corrected chi connectivity index (χ3v) is 3.23. The van der Waals surface area contributed by atoms with E-state index in [1.54, 1.807) is 0 Å². The van der Waals surface area contributed by atoms with Gasteiger partial charge in [0.25, 0.3) is 0 Å². The van der Waals surface area contributed by atoms with Crippen LogP contribution in [-0.2, 0) is 4.79 Å². The number of hydrogen-bond donors (Lipinski definition) is 3. The van der Waals surface area contributed by atoms with E-state index in [1.165, 1.54) is 0 Å². The number of nitrogens with two attached hydrogens (primary N) is 1. The van der Waals surface area contributed by atoms with Crippen molar-refractivity contribution in [3.05, 3.63) is 0 Å². The fourth-order valence-electron chi connectivity index (χ4n) is 2.37. The van der Waals surface area contributed by atoms with Gasteiger partial charge in [0.2, 0.25) is 5.91 Å². The van der Waals surface area contributed by atoms with Gasteiger partial charge in [0.05, 0.1) is 6.04 Å². The molecule has 1 aliphatic carbocycles. The van der Waals surface area contributed by atoms with Crippen molar-refractivity contribution in [2.24, 2.45) is 16.8 Å². The highest BCUT2D eigenvalue weighted by Gasteiger charge is 2.34.